The number of nitrogens with zero attached hydrogens (tertiary/aromatic N) is 5. The molecule has 28 heavy (non-hydrogen) atoms. The van der Waals surface area contributed by atoms with E-state index in [1.807, 2.05) is 0 Å². The average molecular weight is 380 g/mol. The van der Waals surface area contributed by atoms with Gasteiger partial charge in [-0.1, -0.05) is 12.1 Å². The summed E-state index contributed by atoms with van der Waals surface area (Å²) in [5.41, 5.74) is -0.371. The van der Waals surface area contributed by atoms with E-state index in [2.05, 4.69) is 19.9 Å². The predicted molar refractivity (Wildman–Crippen MR) is 104 cm³/mol. The number of amides is 1. The number of nitrogens with one attached hydrogen (secondary N) is 1. The van der Waals surface area contributed by atoms with Crippen molar-refractivity contribution in [1.29, 1.82) is 0 Å². The Balaban J connectivity index is 1.41. The van der Waals surface area contributed by atoms with Crippen LogP contribution < -0.4 is 16.1 Å². The smallest absolute Gasteiger partial charge is 0.328 e. The summed E-state index contributed by atoms with van der Waals surface area (Å²) in [7, 11) is 0. The minimum absolute atomic E-state index is 0.0130. The van der Waals surface area contributed by atoms with Gasteiger partial charge in [0.25, 0.3) is 5.56 Å². The average Bonchev–Trinajstić information content (AvgIpc) is 2.74. The van der Waals surface area contributed by atoms with Crippen molar-refractivity contribution in [2.75, 3.05) is 31.1 Å². The molecule has 9 nitrogen and oxygen atoms in total. The molecule has 9 heteroatoms. The minimum Gasteiger partial charge on any atom is -0.352 e. The second-order valence-corrected chi connectivity index (χ2v) is 6.61. The Hall–Kier alpha value is -3.49. The van der Waals surface area contributed by atoms with Crippen molar-refractivity contribution < 1.29 is 4.79 Å². The van der Waals surface area contributed by atoms with Crippen LogP contribution >= 0.6 is 0 Å². The fourth-order valence-corrected chi connectivity index (χ4v) is 3.47. The highest BCUT2D eigenvalue weighted by atomic mass is 16.2. The van der Waals surface area contributed by atoms with Crippen molar-refractivity contribution in [3.8, 4) is 0 Å². The second kappa shape index (κ2) is 7.63. The maximum Gasteiger partial charge on any atom is 0.328 e. The van der Waals surface area contributed by atoms with Crippen molar-refractivity contribution in [3.63, 3.8) is 0 Å². The third kappa shape index (κ3) is 3.51. The van der Waals surface area contributed by atoms with Gasteiger partial charge in [0, 0.05) is 51.5 Å². The van der Waals surface area contributed by atoms with Crippen LogP contribution in [-0.2, 0) is 11.3 Å². The summed E-state index contributed by atoms with van der Waals surface area (Å²) in [5.74, 6) is 0.793. The van der Waals surface area contributed by atoms with Gasteiger partial charge in [0.05, 0.1) is 17.1 Å². The molecule has 1 fully saturated rings. The molecule has 1 aromatic carbocycles. The first-order chi connectivity index (χ1) is 13.6. The lowest BCUT2D eigenvalue weighted by molar-refractivity contribution is -0.131. The highest BCUT2D eigenvalue weighted by Crippen LogP contribution is 2.13. The lowest BCUT2D eigenvalue weighted by atomic mass is 10.2. The molecule has 1 aliphatic rings. The zero-order chi connectivity index (χ0) is 19.5. The number of para-hydroxylation sites is 1. The van der Waals surface area contributed by atoms with Crippen molar-refractivity contribution in [2.24, 2.45) is 0 Å². The molecule has 144 valence electrons. The van der Waals surface area contributed by atoms with Crippen LogP contribution in [-0.4, -0.2) is 56.5 Å². The summed E-state index contributed by atoms with van der Waals surface area (Å²) in [6.45, 7) is 2.78. The largest absolute Gasteiger partial charge is 0.352 e. The molecule has 0 bridgehead atoms. The molecule has 1 N–H and O–H groups in total. The number of benzene rings is 1. The van der Waals surface area contributed by atoms with E-state index in [1.54, 1.807) is 47.8 Å². The van der Waals surface area contributed by atoms with Gasteiger partial charge in [-0.05, 0) is 12.1 Å². The highest BCUT2D eigenvalue weighted by Gasteiger charge is 2.22. The van der Waals surface area contributed by atoms with Gasteiger partial charge in [0.2, 0.25) is 5.91 Å². The van der Waals surface area contributed by atoms with Gasteiger partial charge in [-0.15, -0.1) is 0 Å². The van der Waals surface area contributed by atoms with E-state index in [9.17, 15) is 14.4 Å². The first-order valence-corrected chi connectivity index (χ1v) is 9.14. The second-order valence-electron chi connectivity index (χ2n) is 6.61. The van der Waals surface area contributed by atoms with Crippen LogP contribution in [0.25, 0.3) is 10.9 Å². The summed E-state index contributed by atoms with van der Waals surface area (Å²) < 4.78 is 1.45. The van der Waals surface area contributed by atoms with Crippen LogP contribution in [0.5, 0.6) is 0 Å². The summed E-state index contributed by atoms with van der Waals surface area (Å²) in [6, 6.07) is 6.90. The van der Waals surface area contributed by atoms with E-state index >= 15 is 0 Å². The number of H-pyrrole nitrogens is 1. The van der Waals surface area contributed by atoms with Crippen molar-refractivity contribution in [2.45, 2.75) is 13.0 Å². The molecule has 3 heterocycles. The molecule has 0 saturated carbocycles. The van der Waals surface area contributed by atoms with E-state index in [0.717, 1.165) is 5.82 Å². The fraction of sp³-hybridized carbons (Fsp3) is 0.316. The molecule has 1 amide bonds. The van der Waals surface area contributed by atoms with Crippen LogP contribution in [0.2, 0.25) is 0 Å². The third-order valence-corrected chi connectivity index (χ3v) is 4.96. The van der Waals surface area contributed by atoms with E-state index in [1.165, 1.54) is 4.57 Å². The lowest BCUT2D eigenvalue weighted by Crippen LogP contribution is -2.49. The van der Waals surface area contributed by atoms with Gasteiger partial charge in [0.1, 0.15) is 5.82 Å². The first kappa shape index (κ1) is 17.9. The standard InChI is InChI=1S/C19H20N6O3/c26-17(24-11-9-23(10-12-24)16-13-20-6-7-21-16)5-8-25-15-4-2-1-3-14(15)18(27)22-19(25)28/h1-4,6-7,13H,5,8-12H2,(H,22,27,28). The Morgan fingerprint density at radius 2 is 1.86 bits per heavy atom. The molecule has 0 spiro atoms. The zero-order valence-corrected chi connectivity index (χ0v) is 15.2. The Kier molecular flexibility index (Phi) is 4.88. The van der Waals surface area contributed by atoms with Gasteiger partial charge in [-0.25, -0.2) is 9.78 Å². The van der Waals surface area contributed by atoms with Gasteiger partial charge in [-0.3, -0.25) is 24.1 Å². The monoisotopic (exact) mass is 380 g/mol. The number of fused-ring (bicyclic) bond motifs is 1. The van der Waals surface area contributed by atoms with E-state index < -0.39 is 11.2 Å². The molecular weight excluding hydrogens is 360 g/mol. The van der Waals surface area contributed by atoms with Crippen LogP contribution in [0.3, 0.4) is 0 Å². The number of rotatable bonds is 4. The van der Waals surface area contributed by atoms with Crippen LogP contribution in [0.1, 0.15) is 6.42 Å². The molecule has 0 radical (unpaired) electrons. The Labute approximate surface area is 160 Å². The molecular formula is C19H20N6O3. The number of aryl methyl sites for hydroxylation is 1. The predicted octanol–water partition coefficient (Wildman–Crippen LogP) is 0.219. The summed E-state index contributed by atoms with van der Waals surface area (Å²) >= 11 is 0. The molecule has 1 saturated heterocycles. The number of aromatic nitrogens is 4. The molecule has 0 aliphatic carbocycles. The Bertz CT molecular complexity index is 1100. The zero-order valence-electron chi connectivity index (χ0n) is 15.2. The molecule has 0 unspecified atom stereocenters. The molecule has 0 atom stereocenters. The number of aromatic amines is 1. The van der Waals surface area contributed by atoms with Crippen LogP contribution in [0.15, 0.2) is 52.4 Å². The summed E-state index contributed by atoms with van der Waals surface area (Å²) in [6.07, 6.45) is 5.19. The van der Waals surface area contributed by atoms with Gasteiger partial charge in [-0.2, -0.15) is 0 Å². The number of carbonyl (C=O) groups is 1. The van der Waals surface area contributed by atoms with Gasteiger partial charge < -0.3 is 9.80 Å². The number of carbonyl (C=O) groups excluding carboxylic acids is 1. The molecule has 4 rings (SSSR count). The third-order valence-electron chi connectivity index (χ3n) is 4.96. The normalized spacial score (nSPS) is 14.4. The topological polar surface area (TPSA) is 104 Å². The summed E-state index contributed by atoms with van der Waals surface area (Å²) in [4.78, 5) is 51.3. The molecule has 2 aromatic heterocycles. The molecule has 3 aromatic rings. The number of anilines is 1. The maximum atomic E-state index is 12.6. The van der Waals surface area contributed by atoms with Crippen molar-refractivity contribution in [3.05, 3.63) is 63.7 Å². The SMILES string of the molecule is O=C(CCn1c(=O)[nH]c(=O)c2ccccc21)N1CCN(c2cnccn2)CC1. The van der Waals surface area contributed by atoms with Crippen molar-refractivity contribution in [1.82, 2.24) is 24.4 Å². The Morgan fingerprint density at radius 3 is 2.61 bits per heavy atom. The number of piperazine rings is 1. The Morgan fingerprint density at radius 1 is 1.07 bits per heavy atom. The lowest BCUT2D eigenvalue weighted by Gasteiger charge is -2.35. The summed E-state index contributed by atoms with van der Waals surface area (Å²) in [5, 5.41) is 0.437. The maximum absolute atomic E-state index is 12.6. The number of hydrogen-bond acceptors (Lipinski definition) is 6. The quantitative estimate of drug-likeness (QED) is 0.694. The van der Waals surface area contributed by atoms with Crippen LogP contribution in [0, 0.1) is 0 Å². The van der Waals surface area contributed by atoms with Crippen LogP contribution in [0.4, 0.5) is 5.82 Å². The highest BCUT2D eigenvalue weighted by molar-refractivity contribution is 5.79. The minimum atomic E-state index is -0.496. The first-order valence-electron chi connectivity index (χ1n) is 9.14. The fourth-order valence-electron chi connectivity index (χ4n) is 3.47. The van der Waals surface area contributed by atoms with Gasteiger partial charge in [0.15, 0.2) is 0 Å². The van der Waals surface area contributed by atoms with E-state index in [-0.39, 0.29) is 18.9 Å². The van der Waals surface area contributed by atoms with Crippen molar-refractivity contribution >= 4 is 22.6 Å². The van der Waals surface area contributed by atoms with E-state index in [0.29, 0.717) is 37.1 Å². The molecule has 1 aliphatic heterocycles. The number of hydrogen-bond donors (Lipinski definition) is 1. The van der Waals surface area contributed by atoms with E-state index in [4.69, 9.17) is 0 Å². The van der Waals surface area contributed by atoms with Gasteiger partial charge >= 0.3 is 5.69 Å².